The summed E-state index contributed by atoms with van der Waals surface area (Å²) in [4.78, 5) is 0. The van der Waals surface area contributed by atoms with Gasteiger partial charge >= 0.3 is 0 Å². The largest absolute Gasteiger partial charge is 0.493 e. The summed E-state index contributed by atoms with van der Waals surface area (Å²) in [5.74, 6) is 0.968. The molecule has 0 spiro atoms. The molecule has 0 amide bonds. The third kappa shape index (κ3) is 3.26. The van der Waals surface area contributed by atoms with E-state index in [2.05, 4.69) is 20.8 Å². The second kappa shape index (κ2) is 5.31. The van der Waals surface area contributed by atoms with Gasteiger partial charge < -0.3 is 9.84 Å². The molecule has 0 heterocycles. The highest BCUT2D eigenvalue weighted by atomic mass is 16.5. The van der Waals surface area contributed by atoms with Crippen molar-refractivity contribution in [3.8, 4) is 5.75 Å². The van der Waals surface area contributed by atoms with E-state index in [-0.39, 0.29) is 6.10 Å². The second-order valence-electron chi connectivity index (χ2n) is 6.39. The molecule has 100 valence electrons. The van der Waals surface area contributed by atoms with E-state index in [1.807, 2.05) is 18.2 Å². The zero-order valence-electron chi connectivity index (χ0n) is 11.7. The van der Waals surface area contributed by atoms with Crippen molar-refractivity contribution in [1.29, 1.82) is 0 Å². The maximum Gasteiger partial charge on any atom is 0.122 e. The van der Waals surface area contributed by atoms with Gasteiger partial charge in [0, 0.05) is 0 Å². The fourth-order valence-electron chi connectivity index (χ4n) is 2.39. The first-order valence-corrected chi connectivity index (χ1v) is 6.90. The van der Waals surface area contributed by atoms with Crippen molar-refractivity contribution < 1.29 is 9.84 Å². The molecule has 1 aliphatic carbocycles. The molecule has 0 aromatic heterocycles. The van der Waals surface area contributed by atoms with Crippen LogP contribution in [0.3, 0.4) is 0 Å². The predicted octanol–water partition coefficient (Wildman–Crippen LogP) is 3.87. The Labute approximate surface area is 110 Å². The summed E-state index contributed by atoms with van der Waals surface area (Å²) in [6.45, 7) is 7.41. The van der Waals surface area contributed by atoms with Crippen LogP contribution in [0, 0.1) is 5.41 Å². The molecule has 1 aromatic carbocycles. The average molecular weight is 248 g/mol. The Bertz CT molecular complexity index is 404. The quantitative estimate of drug-likeness (QED) is 0.880. The van der Waals surface area contributed by atoms with Crippen LogP contribution in [0.25, 0.3) is 0 Å². The van der Waals surface area contributed by atoms with Crippen molar-refractivity contribution in [1.82, 2.24) is 0 Å². The molecule has 2 rings (SSSR count). The highest BCUT2D eigenvalue weighted by Gasteiger charge is 2.21. The Morgan fingerprint density at radius 3 is 2.83 bits per heavy atom. The van der Waals surface area contributed by atoms with Gasteiger partial charge in [-0.3, -0.25) is 0 Å². The van der Waals surface area contributed by atoms with Crippen molar-refractivity contribution in [2.45, 2.75) is 52.6 Å². The van der Waals surface area contributed by atoms with E-state index >= 15 is 0 Å². The van der Waals surface area contributed by atoms with Crippen LogP contribution in [-0.2, 0) is 6.42 Å². The normalized spacial score (nSPS) is 19.4. The van der Waals surface area contributed by atoms with Gasteiger partial charge in [-0.05, 0) is 48.3 Å². The summed E-state index contributed by atoms with van der Waals surface area (Å²) >= 11 is 0. The van der Waals surface area contributed by atoms with Gasteiger partial charge in [-0.15, -0.1) is 0 Å². The van der Waals surface area contributed by atoms with E-state index in [9.17, 15) is 5.11 Å². The minimum absolute atomic E-state index is 0.300. The molecule has 1 aliphatic rings. The molecule has 2 heteroatoms. The van der Waals surface area contributed by atoms with Gasteiger partial charge in [0.15, 0.2) is 0 Å². The van der Waals surface area contributed by atoms with Crippen molar-refractivity contribution in [3.63, 3.8) is 0 Å². The van der Waals surface area contributed by atoms with E-state index < -0.39 is 0 Å². The van der Waals surface area contributed by atoms with Crippen LogP contribution in [0.5, 0.6) is 5.75 Å². The minimum atomic E-state index is -0.306. The van der Waals surface area contributed by atoms with Gasteiger partial charge in [0.25, 0.3) is 0 Å². The lowest BCUT2D eigenvalue weighted by Crippen LogP contribution is -2.14. The monoisotopic (exact) mass is 248 g/mol. The number of aliphatic hydroxyl groups excluding tert-OH is 1. The summed E-state index contributed by atoms with van der Waals surface area (Å²) < 4.78 is 5.92. The molecule has 0 saturated carbocycles. The third-order valence-electron chi connectivity index (χ3n) is 3.54. The van der Waals surface area contributed by atoms with Crippen LogP contribution in [0.2, 0.25) is 0 Å². The average Bonchev–Trinajstić information content (AvgIpc) is 2.29. The second-order valence-corrected chi connectivity index (χ2v) is 6.39. The zero-order chi connectivity index (χ0) is 13.2. The number of hydrogen-bond donors (Lipinski definition) is 1. The molecular weight excluding hydrogens is 224 g/mol. The Morgan fingerprint density at radius 1 is 1.33 bits per heavy atom. The molecule has 0 aliphatic heterocycles. The first kappa shape index (κ1) is 13.4. The van der Waals surface area contributed by atoms with E-state index in [4.69, 9.17) is 4.74 Å². The number of rotatable bonds is 3. The first-order valence-electron chi connectivity index (χ1n) is 6.90. The van der Waals surface area contributed by atoms with Gasteiger partial charge in [0.1, 0.15) is 5.75 Å². The Balaban J connectivity index is 2.07. The summed E-state index contributed by atoms with van der Waals surface area (Å²) in [6, 6.07) is 6.04. The summed E-state index contributed by atoms with van der Waals surface area (Å²) in [5, 5.41) is 9.98. The van der Waals surface area contributed by atoms with Crippen LogP contribution in [0.4, 0.5) is 0 Å². The van der Waals surface area contributed by atoms with E-state index in [1.165, 1.54) is 5.56 Å². The number of benzene rings is 1. The Morgan fingerprint density at radius 2 is 2.11 bits per heavy atom. The van der Waals surface area contributed by atoms with Crippen LogP contribution in [-0.4, -0.2) is 11.7 Å². The smallest absolute Gasteiger partial charge is 0.122 e. The van der Waals surface area contributed by atoms with Crippen LogP contribution < -0.4 is 4.74 Å². The van der Waals surface area contributed by atoms with Crippen molar-refractivity contribution >= 4 is 0 Å². The predicted molar refractivity (Wildman–Crippen MR) is 73.9 cm³/mol. The number of ether oxygens (including phenoxy) is 1. The summed E-state index contributed by atoms with van der Waals surface area (Å²) in [7, 11) is 0. The number of hydrogen-bond acceptors (Lipinski definition) is 2. The number of aliphatic hydroxyl groups is 1. The molecule has 1 atom stereocenters. The van der Waals surface area contributed by atoms with Crippen LogP contribution >= 0.6 is 0 Å². The molecule has 0 radical (unpaired) electrons. The molecule has 1 unspecified atom stereocenters. The van der Waals surface area contributed by atoms with Gasteiger partial charge in [-0.25, -0.2) is 0 Å². The third-order valence-corrected chi connectivity index (χ3v) is 3.54. The highest BCUT2D eigenvalue weighted by molar-refractivity contribution is 5.42. The molecule has 0 saturated heterocycles. The Hall–Kier alpha value is -1.02. The maximum absolute atomic E-state index is 9.98. The van der Waals surface area contributed by atoms with E-state index in [0.29, 0.717) is 5.41 Å². The standard InChI is InChI=1S/C16H24O2/c1-16(2,3)10-11-18-15-9-5-6-12-13(15)7-4-8-14(12)17/h5-6,9,14,17H,4,7-8,10-11H2,1-3H3. The molecule has 2 nitrogen and oxygen atoms in total. The fourth-order valence-corrected chi connectivity index (χ4v) is 2.39. The van der Waals surface area contributed by atoms with E-state index in [0.717, 1.165) is 43.6 Å². The lowest BCUT2D eigenvalue weighted by atomic mass is 9.89. The molecule has 0 bridgehead atoms. The van der Waals surface area contributed by atoms with Gasteiger partial charge in [0.2, 0.25) is 0 Å². The molecule has 1 aromatic rings. The van der Waals surface area contributed by atoms with Gasteiger partial charge in [-0.2, -0.15) is 0 Å². The maximum atomic E-state index is 9.98. The molecule has 1 N–H and O–H groups in total. The van der Waals surface area contributed by atoms with Crippen molar-refractivity contribution in [3.05, 3.63) is 29.3 Å². The highest BCUT2D eigenvalue weighted by Crippen LogP contribution is 2.35. The minimum Gasteiger partial charge on any atom is -0.493 e. The first-order chi connectivity index (χ1) is 8.47. The number of fused-ring (bicyclic) bond motifs is 1. The van der Waals surface area contributed by atoms with Gasteiger partial charge in [-0.1, -0.05) is 32.9 Å². The summed E-state index contributed by atoms with van der Waals surface area (Å²) in [5.41, 5.74) is 2.58. The zero-order valence-corrected chi connectivity index (χ0v) is 11.7. The van der Waals surface area contributed by atoms with Crippen molar-refractivity contribution in [2.24, 2.45) is 5.41 Å². The Kier molecular flexibility index (Phi) is 3.96. The lowest BCUT2D eigenvalue weighted by molar-refractivity contribution is 0.154. The molecule has 0 fully saturated rings. The topological polar surface area (TPSA) is 29.5 Å². The van der Waals surface area contributed by atoms with Crippen molar-refractivity contribution in [2.75, 3.05) is 6.61 Å². The van der Waals surface area contributed by atoms with Gasteiger partial charge in [0.05, 0.1) is 12.7 Å². The van der Waals surface area contributed by atoms with E-state index in [1.54, 1.807) is 0 Å². The van der Waals surface area contributed by atoms with Crippen LogP contribution in [0.15, 0.2) is 18.2 Å². The van der Waals surface area contributed by atoms with Crippen LogP contribution in [0.1, 0.15) is 57.3 Å². The fraction of sp³-hybridized carbons (Fsp3) is 0.625. The molecular formula is C16H24O2. The SMILES string of the molecule is CC(C)(C)CCOc1cccc2c1CCCC2O. The molecule has 18 heavy (non-hydrogen) atoms. The summed E-state index contributed by atoms with van der Waals surface area (Å²) in [6.07, 6.45) is 3.68. The lowest BCUT2D eigenvalue weighted by Gasteiger charge is -2.24.